The highest BCUT2D eigenvalue weighted by Gasteiger charge is 2.12. The maximum absolute atomic E-state index is 6.03. The van der Waals surface area contributed by atoms with Gasteiger partial charge in [-0.05, 0) is 64.1 Å². The summed E-state index contributed by atoms with van der Waals surface area (Å²) in [7, 11) is 1.97. The molecule has 0 bridgehead atoms. The van der Waals surface area contributed by atoms with Crippen molar-refractivity contribution in [2.45, 2.75) is 12.5 Å². The number of hydrogen-bond donors (Lipinski definition) is 1. The van der Waals surface area contributed by atoms with Crippen molar-refractivity contribution < 1.29 is 0 Å². The molecule has 0 aliphatic heterocycles. The molecule has 18 heavy (non-hydrogen) atoms. The Morgan fingerprint density at radius 2 is 2.06 bits per heavy atom. The van der Waals surface area contributed by atoms with Gasteiger partial charge in [0.25, 0.3) is 0 Å². The zero-order chi connectivity index (χ0) is 13.1. The van der Waals surface area contributed by atoms with Crippen LogP contribution in [-0.4, -0.2) is 7.05 Å². The Bertz CT molecular complexity index is 542. The molecule has 0 amide bonds. The van der Waals surface area contributed by atoms with Crippen molar-refractivity contribution in [1.29, 1.82) is 0 Å². The van der Waals surface area contributed by atoms with Crippen LogP contribution in [0.1, 0.15) is 17.2 Å². The maximum atomic E-state index is 6.03. The molecular formula is C13H12BrCl2NS. The lowest BCUT2D eigenvalue weighted by atomic mass is 10.0. The normalized spacial score (nSPS) is 12.7. The standard InChI is InChI=1S/C13H12BrCl2NS/c1-17-12(9-6-13(14)18-7-9)5-8-2-3-10(15)11(16)4-8/h2-4,6-7,12,17H,5H2,1H3. The van der Waals surface area contributed by atoms with E-state index in [0.717, 1.165) is 10.2 Å². The summed E-state index contributed by atoms with van der Waals surface area (Å²) in [5.74, 6) is 0. The number of hydrogen-bond acceptors (Lipinski definition) is 2. The SMILES string of the molecule is CNC(Cc1ccc(Cl)c(Cl)c1)c1csc(Br)c1. The first kappa shape index (κ1) is 14.4. The van der Waals surface area contributed by atoms with Crippen LogP contribution in [0.5, 0.6) is 0 Å². The van der Waals surface area contributed by atoms with E-state index < -0.39 is 0 Å². The lowest BCUT2D eigenvalue weighted by molar-refractivity contribution is 0.594. The van der Waals surface area contributed by atoms with Gasteiger partial charge in [-0.2, -0.15) is 0 Å². The van der Waals surface area contributed by atoms with E-state index in [2.05, 4.69) is 32.7 Å². The van der Waals surface area contributed by atoms with Gasteiger partial charge in [-0.15, -0.1) is 11.3 Å². The summed E-state index contributed by atoms with van der Waals surface area (Å²) >= 11 is 17.1. The van der Waals surface area contributed by atoms with Crippen LogP contribution in [0.4, 0.5) is 0 Å². The maximum Gasteiger partial charge on any atom is 0.0701 e. The van der Waals surface area contributed by atoms with E-state index in [4.69, 9.17) is 23.2 Å². The lowest BCUT2D eigenvalue weighted by Gasteiger charge is -2.15. The van der Waals surface area contributed by atoms with Gasteiger partial charge in [0, 0.05) is 6.04 Å². The highest BCUT2D eigenvalue weighted by Crippen LogP contribution is 2.29. The van der Waals surface area contributed by atoms with Gasteiger partial charge >= 0.3 is 0 Å². The van der Waals surface area contributed by atoms with Crippen molar-refractivity contribution in [2.75, 3.05) is 7.05 Å². The topological polar surface area (TPSA) is 12.0 Å². The molecule has 1 atom stereocenters. The molecule has 1 heterocycles. The second kappa shape index (κ2) is 6.40. The molecule has 0 aliphatic rings. The smallest absolute Gasteiger partial charge is 0.0701 e. The summed E-state index contributed by atoms with van der Waals surface area (Å²) in [6, 6.07) is 8.21. The zero-order valence-electron chi connectivity index (χ0n) is 9.71. The summed E-state index contributed by atoms with van der Waals surface area (Å²) in [5, 5.41) is 6.68. The Balaban J connectivity index is 2.17. The fraction of sp³-hybridized carbons (Fsp3) is 0.231. The Morgan fingerprint density at radius 1 is 1.28 bits per heavy atom. The first-order valence-corrected chi connectivity index (χ1v) is 7.88. The molecule has 1 nitrogen and oxygen atoms in total. The molecule has 1 N–H and O–H groups in total. The monoisotopic (exact) mass is 363 g/mol. The summed E-state index contributed by atoms with van der Waals surface area (Å²) < 4.78 is 1.15. The third-order valence-electron chi connectivity index (χ3n) is 2.76. The minimum Gasteiger partial charge on any atom is -0.313 e. The number of thiophene rings is 1. The van der Waals surface area contributed by atoms with Crippen molar-refractivity contribution in [3.05, 3.63) is 54.6 Å². The Morgan fingerprint density at radius 3 is 2.61 bits per heavy atom. The number of nitrogens with one attached hydrogen (secondary N) is 1. The Hall–Kier alpha value is -0.0600. The van der Waals surface area contributed by atoms with Crippen LogP contribution in [0.25, 0.3) is 0 Å². The quantitative estimate of drug-likeness (QED) is 0.773. The largest absolute Gasteiger partial charge is 0.313 e. The fourth-order valence-electron chi connectivity index (χ4n) is 1.80. The first-order chi connectivity index (χ1) is 8.60. The van der Waals surface area contributed by atoms with Crippen LogP contribution in [0.15, 0.2) is 33.4 Å². The summed E-state index contributed by atoms with van der Waals surface area (Å²) in [6.07, 6.45) is 0.885. The average Bonchev–Trinajstić information content (AvgIpc) is 2.77. The molecule has 1 unspecified atom stereocenters. The van der Waals surface area contributed by atoms with Crippen molar-refractivity contribution in [3.8, 4) is 0 Å². The fourth-order valence-corrected chi connectivity index (χ4v) is 3.35. The summed E-state index contributed by atoms with van der Waals surface area (Å²) in [6.45, 7) is 0. The van der Waals surface area contributed by atoms with Crippen molar-refractivity contribution in [1.82, 2.24) is 5.32 Å². The number of likely N-dealkylation sites (N-methyl/N-ethyl adjacent to an activating group) is 1. The average molecular weight is 365 g/mol. The number of halogens is 3. The molecule has 0 aliphatic carbocycles. The zero-order valence-corrected chi connectivity index (χ0v) is 13.6. The van der Waals surface area contributed by atoms with Crippen molar-refractivity contribution >= 4 is 50.5 Å². The minimum atomic E-state index is 0.282. The predicted octanol–water partition coefficient (Wildman–Crippen LogP) is 5.32. The second-order valence-electron chi connectivity index (χ2n) is 3.98. The van der Waals surface area contributed by atoms with Gasteiger partial charge in [0.2, 0.25) is 0 Å². The second-order valence-corrected chi connectivity index (χ2v) is 7.08. The highest BCUT2D eigenvalue weighted by molar-refractivity contribution is 9.11. The molecule has 2 rings (SSSR count). The molecular weight excluding hydrogens is 353 g/mol. The van der Waals surface area contributed by atoms with Gasteiger partial charge in [0.05, 0.1) is 13.8 Å². The van der Waals surface area contributed by atoms with Gasteiger partial charge in [-0.25, -0.2) is 0 Å². The molecule has 1 aromatic heterocycles. The van der Waals surface area contributed by atoms with Crippen LogP contribution >= 0.6 is 50.5 Å². The predicted molar refractivity (Wildman–Crippen MR) is 84.0 cm³/mol. The van der Waals surface area contributed by atoms with Crippen LogP contribution < -0.4 is 5.32 Å². The first-order valence-electron chi connectivity index (χ1n) is 5.45. The molecule has 1 aromatic carbocycles. The van der Waals surface area contributed by atoms with Gasteiger partial charge in [0.15, 0.2) is 0 Å². The number of benzene rings is 1. The highest BCUT2D eigenvalue weighted by atomic mass is 79.9. The van der Waals surface area contributed by atoms with E-state index in [1.807, 2.05) is 25.2 Å². The van der Waals surface area contributed by atoms with Crippen LogP contribution in [0.2, 0.25) is 10.0 Å². The van der Waals surface area contributed by atoms with E-state index in [1.165, 1.54) is 11.1 Å². The van der Waals surface area contributed by atoms with Gasteiger partial charge < -0.3 is 5.32 Å². The van der Waals surface area contributed by atoms with Gasteiger partial charge in [-0.1, -0.05) is 29.3 Å². The Kier molecular flexibility index (Phi) is 5.10. The van der Waals surface area contributed by atoms with Crippen LogP contribution in [0, 0.1) is 0 Å². The molecule has 5 heteroatoms. The molecule has 96 valence electrons. The third-order valence-corrected chi connectivity index (χ3v) is 5.02. The van der Waals surface area contributed by atoms with Crippen LogP contribution in [0.3, 0.4) is 0 Å². The summed E-state index contributed by atoms with van der Waals surface area (Å²) in [5.41, 5.74) is 2.45. The molecule has 0 saturated heterocycles. The van der Waals surface area contributed by atoms with E-state index in [1.54, 1.807) is 11.3 Å². The summed E-state index contributed by atoms with van der Waals surface area (Å²) in [4.78, 5) is 0. The van der Waals surface area contributed by atoms with Gasteiger partial charge in [0.1, 0.15) is 0 Å². The molecule has 0 radical (unpaired) electrons. The van der Waals surface area contributed by atoms with Crippen molar-refractivity contribution in [3.63, 3.8) is 0 Å². The van der Waals surface area contributed by atoms with Crippen molar-refractivity contribution in [2.24, 2.45) is 0 Å². The van der Waals surface area contributed by atoms with E-state index in [0.29, 0.717) is 10.0 Å². The molecule has 0 spiro atoms. The van der Waals surface area contributed by atoms with E-state index in [9.17, 15) is 0 Å². The van der Waals surface area contributed by atoms with E-state index >= 15 is 0 Å². The van der Waals surface area contributed by atoms with Crippen LogP contribution in [-0.2, 0) is 6.42 Å². The lowest BCUT2D eigenvalue weighted by Crippen LogP contribution is -2.18. The Labute approximate surface area is 129 Å². The van der Waals surface area contributed by atoms with Gasteiger partial charge in [-0.3, -0.25) is 0 Å². The number of rotatable bonds is 4. The molecule has 0 fully saturated rings. The third kappa shape index (κ3) is 3.49. The minimum absolute atomic E-state index is 0.282. The molecule has 0 saturated carbocycles. The van der Waals surface area contributed by atoms with E-state index in [-0.39, 0.29) is 6.04 Å². The molecule has 2 aromatic rings.